The molecule has 1 atom stereocenters. The van der Waals surface area contributed by atoms with E-state index >= 15 is 0 Å². The number of halogens is 2. The molecule has 1 N–H and O–H groups in total. The van der Waals surface area contributed by atoms with Crippen LogP contribution in [0.2, 0.25) is 10.0 Å². The molecule has 1 aromatic rings. The fourth-order valence-electron chi connectivity index (χ4n) is 1.45. The van der Waals surface area contributed by atoms with Gasteiger partial charge in [0.15, 0.2) is 5.34 Å². The average Bonchev–Trinajstić information content (AvgIpc) is 2.27. The Balaban J connectivity index is 3.35. The summed E-state index contributed by atoms with van der Waals surface area (Å²) in [7, 11) is -1.33. The van der Waals surface area contributed by atoms with Crippen LogP contribution in [0.15, 0.2) is 18.2 Å². The maximum absolute atomic E-state index is 12.2. The van der Waals surface area contributed by atoms with Crippen LogP contribution in [0.5, 0.6) is 0 Å². The molecule has 17 heavy (non-hydrogen) atoms. The van der Waals surface area contributed by atoms with E-state index in [4.69, 9.17) is 32.2 Å². The van der Waals surface area contributed by atoms with Crippen LogP contribution in [0.4, 0.5) is 0 Å². The van der Waals surface area contributed by atoms with Gasteiger partial charge >= 0.3 is 7.60 Å². The van der Waals surface area contributed by atoms with Gasteiger partial charge in [-0.25, -0.2) is 0 Å². The predicted molar refractivity (Wildman–Crippen MR) is 67.7 cm³/mol. The van der Waals surface area contributed by atoms with Crippen LogP contribution in [0.25, 0.3) is 0 Å². The Labute approximate surface area is 110 Å². The van der Waals surface area contributed by atoms with E-state index in [1.807, 2.05) is 0 Å². The highest BCUT2D eigenvalue weighted by molar-refractivity contribution is 7.54. The van der Waals surface area contributed by atoms with Gasteiger partial charge in [-0.3, -0.25) is 4.57 Å². The second-order valence-electron chi connectivity index (χ2n) is 3.51. The predicted octanol–water partition coefficient (Wildman–Crippen LogP) is 3.64. The van der Waals surface area contributed by atoms with E-state index in [1.54, 1.807) is 0 Å². The Morgan fingerprint density at radius 3 is 2.24 bits per heavy atom. The van der Waals surface area contributed by atoms with E-state index in [1.165, 1.54) is 39.3 Å². The summed E-state index contributed by atoms with van der Waals surface area (Å²) in [5, 5.41) is 9.09. The molecule has 96 valence electrons. The van der Waals surface area contributed by atoms with Gasteiger partial charge in [0, 0.05) is 29.8 Å². The third-order valence-corrected chi connectivity index (χ3v) is 5.27. The molecule has 0 heterocycles. The number of benzene rings is 1. The van der Waals surface area contributed by atoms with Crippen LogP contribution in [-0.2, 0) is 19.0 Å². The molecule has 0 amide bonds. The molecule has 0 saturated carbocycles. The molecule has 1 rings (SSSR count). The Kier molecular flexibility index (Phi) is 4.64. The molecule has 4 nitrogen and oxygen atoms in total. The molecular weight excluding hydrogens is 286 g/mol. The summed E-state index contributed by atoms with van der Waals surface area (Å²) in [4.78, 5) is 0. The van der Waals surface area contributed by atoms with Gasteiger partial charge in [0.05, 0.1) is 0 Å². The zero-order chi connectivity index (χ0) is 13.3. The maximum atomic E-state index is 12.2. The van der Waals surface area contributed by atoms with Crippen molar-refractivity contribution in [1.82, 2.24) is 0 Å². The highest BCUT2D eigenvalue weighted by Gasteiger charge is 2.47. The first-order chi connectivity index (χ1) is 7.78. The minimum atomic E-state index is -3.72. The van der Waals surface area contributed by atoms with Crippen molar-refractivity contribution >= 4 is 30.8 Å². The van der Waals surface area contributed by atoms with E-state index in [-0.39, 0.29) is 10.6 Å². The van der Waals surface area contributed by atoms with Crippen molar-refractivity contribution in [1.29, 1.82) is 0 Å². The highest BCUT2D eigenvalue weighted by atomic mass is 35.5. The average molecular weight is 299 g/mol. The van der Waals surface area contributed by atoms with Crippen LogP contribution in [0.1, 0.15) is 12.5 Å². The van der Waals surface area contributed by atoms with Crippen molar-refractivity contribution in [2.24, 2.45) is 0 Å². The normalized spacial score (nSPS) is 15.6. The summed E-state index contributed by atoms with van der Waals surface area (Å²) in [5.74, 6) is 0. The van der Waals surface area contributed by atoms with Gasteiger partial charge in [-0.2, -0.15) is 0 Å². The van der Waals surface area contributed by atoms with Gasteiger partial charge in [-0.15, -0.1) is 0 Å². The lowest BCUT2D eigenvalue weighted by atomic mass is 10.1. The van der Waals surface area contributed by atoms with Gasteiger partial charge in [0.1, 0.15) is 0 Å². The van der Waals surface area contributed by atoms with Crippen molar-refractivity contribution in [3.8, 4) is 0 Å². The lowest BCUT2D eigenvalue weighted by molar-refractivity contribution is 0.0933. The van der Waals surface area contributed by atoms with E-state index < -0.39 is 12.9 Å². The van der Waals surface area contributed by atoms with E-state index in [9.17, 15) is 9.67 Å². The largest absolute Gasteiger partial charge is 0.373 e. The Bertz CT molecular complexity index is 454. The monoisotopic (exact) mass is 298 g/mol. The van der Waals surface area contributed by atoms with Crippen molar-refractivity contribution in [2.45, 2.75) is 12.3 Å². The quantitative estimate of drug-likeness (QED) is 0.862. The zero-order valence-corrected chi connectivity index (χ0v) is 12.0. The van der Waals surface area contributed by atoms with Crippen molar-refractivity contribution in [2.75, 3.05) is 14.2 Å². The molecule has 0 unspecified atom stereocenters. The lowest BCUT2D eigenvalue weighted by Crippen LogP contribution is -2.23. The molecule has 0 aliphatic heterocycles. The van der Waals surface area contributed by atoms with E-state index in [0.29, 0.717) is 5.02 Å². The lowest BCUT2D eigenvalue weighted by Gasteiger charge is -2.30. The second-order valence-corrected chi connectivity index (χ2v) is 6.95. The van der Waals surface area contributed by atoms with Crippen LogP contribution in [0.3, 0.4) is 0 Å². The van der Waals surface area contributed by atoms with Crippen LogP contribution < -0.4 is 0 Å². The fourth-order valence-corrected chi connectivity index (χ4v) is 3.46. The second kappa shape index (κ2) is 5.27. The molecule has 7 heteroatoms. The third-order valence-electron chi connectivity index (χ3n) is 2.46. The van der Waals surface area contributed by atoms with Gasteiger partial charge in [0.25, 0.3) is 0 Å². The fraction of sp³-hybridized carbons (Fsp3) is 0.400. The number of hydrogen-bond acceptors (Lipinski definition) is 4. The zero-order valence-electron chi connectivity index (χ0n) is 9.61. The topological polar surface area (TPSA) is 55.8 Å². The molecule has 0 aromatic heterocycles. The first-order valence-electron chi connectivity index (χ1n) is 4.68. The summed E-state index contributed by atoms with van der Waals surface area (Å²) < 4.78 is 21.8. The molecule has 0 fully saturated rings. The Morgan fingerprint density at radius 2 is 1.82 bits per heavy atom. The molecule has 1 aromatic carbocycles. The maximum Gasteiger partial charge on any atom is 0.365 e. The Morgan fingerprint density at radius 1 is 1.29 bits per heavy atom. The summed E-state index contributed by atoms with van der Waals surface area (Å²) >= 11 is 11.7. The summed E-state index contributed by atoms with van der Waals surface area (Å²) in [6, 6.07) is 4.46. The summed E-state index contributed by atoms with van der Waals surface area (Å²) in [5.41, 5.74) is 0.232. The summed E-state index contributed by atoms with van der Waals surface area (Å²) in [6.07, 6.45) is 0. The molecule has 0 radical (unpaired) electrons. The van der Waals surface area contributed by atoms with Gasteiger partial charge in [-0.1, -0.05) is 29.3 Å². The minimum Gasteiger partial charge on any atom is -0.373 e. The standard InChI is InChI=1S/C10H13Cl2O4P/c1-10(13,17(14,15-2)16-3)8-5-4-7(11)6-9(8)12/h4-6,13H,1-3H3/t10-/m1/s1. The molecule has 0 bridgehead atoms. The summed E-state index contributed by atoms with van der Waals surface area (Å²) in [6.45, 7) is 1.32. The van der Waals surface area contributed by atoms with Gasteiger partial charge < -0.3 is 14.2 Å². The Hall–Kier alpha value is -0.0900. The van der Waals surface area contributed by atoms with Crippen LogP contribution in [0, 0.1) is 0 Å². The molecule has 0 saturated heterocycles. The first kappa shape index (κ1) is 15.0. The van der Waals surface area contributed by atoms with Crippen molar-refractivity contribution in [3.05, 3.63) is 33.8 Å². The van der Waals surface area contributed by atoms with E-state index in [0.717, 1.165) is 0 Å². The van der Waals surface area contributed by atoms with Gasteiger partial charge in [-0.05, 0) is 19.1 Å². The van der Waals surface area contributed by atoms with Crippen molar-refractivity contribution in [3.63, 3.8) is 0 Å². The number of hydrogen-bond donors (Lipinski definition) is 1. The highest BCUT2D eigenvalue weighted by Crippen LogP contribution is 2.63. The molecule has 0 spiro atoms. The molecule has 0 aliphatic carbocycles. The van der Waals surface area contributed by atoms with E-state index in [2.05, 4.69) is 0 Å². The number of rotatable bonds is 4. The first-order valence-corrected chi connectivity index (χ1v) is 6.98. The molecule has 0 aliphatic rings. The van der Waals surface area contributed by atoms with Gasteiger partial charge in [0.2, 0.25) is 0 Å². The smallest absolute Gasteiger partial charge is 0.365 e. The van der Waals surface area contributed by atoms with Crippen LogP contribution >= 0.6 is 30.8 Å². The molecular formula is C10H13Cl2O4P. The van der Waals surface area contributed by atoms with Crippen LogP contribution in [-0.4, -0.2) is 19.3 Å². The number of aliphatic hydroxyl groups is 1. The minimum absolute atomic E-state index is 0.192. The third kappa shape index (κ3) is 2.68. The SMILES string of the molecule is COP(=O)(OC)[C@@](C)(O)c1ccc(Cl)cc1Cl. The van der Waals surface area contributed by atoms with Crippen molar-refractivity contribution < 1.29 is 18.7 Å².